The van der Waals surface area contributed by atoms with Gasteiger partial charge in [-0.15, -0.1) is 12.4 Å². The number of carbonyl (C=O) groups excluding carboxylic acids is 1. The van der Waals surface area contributed by atoms with Crippen LogP contribution >= 0.6 is 12.4 Å². The maximum Gasteiger partial charge on any atom is 0.160 e. The zero-order valence-electron chi connectivity index (χ0n) is 8.98. The van der Waals surface area contributed by atoms with Crippen molar-refractivity contribution < 1.29 is 4.79 Å². The van der Waals surface area contributed by atoms with E-state index in [0.717, 1.165) is 19.6 Å². The topological polar surface area (TPSA) is 32.3 Å². The summed E-state index contributed by atoms with van der Waals surface area (Å²) < 4.78 is 0. The van der Waals surface area contributed by atoms with Gasteiger partial charge >= 0.3 is 0 Å². The first kappa shape index (κ1) is 11.4. The second-order valence-corrected chi connectivity index (χ2v) is 4.19. The molecule has 3 rings (SSSR count). The molecule has 1 unspecified atom stereocenters. The van der Waals surface area contributed by atoms with Crippen LogP contribution < -0.4 is 10.2 Å². The lowest BCUT2D eigenvalue weighted by molar-refractivity contribution is -0.120. The molecule has 2 aliphatic rings. The fourth-order valence-corrected chi connectivity index (χ4v) is 2.53. The summed E-state index contributed by atoms with van der Waals surface area (Å²) in [5, 5.41) is 3.28. The van der Waals surface area contributed by atoms with Crippen molar-refractivity contribution in [2.75, 3.05) is 24.5 Å². The van der Waals surface area contributed by atoms with Crippen LogP contribution in [0.15, 0.2) is 24.3 Å². The van der Waals surface area contributed by atoms with Crippen molar-refractivity contribution in [2.45, 2.75) is 12.5 Å². The van der Waals surface area contributed by atoms with Gasteiger partial charge in [0.25, 0.3) is 0 Å². The number of benzene rings is 1. The summed E-state index contributed by atoms with van der Waals surface area (Å²) in [7, 11) is 0. The summed E-state index contributed by atoms with van der Waals surface area (Å²) in [6, 6.07) is 8.31. The highest BCUT2D eigenvalue weighted by molar-refractivity contribution is 5.93. The fourth-order valence-electron chi connectivity index (χ4n) is 2.53. The zero-order valence-corrected chi connectivity index (χ0v) is 9.80. The van der Waals surface area contributed by atoms with Gasteiger partial charge in [0.05, 0.1) is 0 Å². The number of ketones is 1. The number of fused-ring (bicyclic) bond motifs is 3. The minimum Gasteiger partial charge on any atom is -0.359 e. The number of nitrogens with zero attached hydrogens (tertiary/aromatic N) is 1. The highest BCUT2D eigenvalue weighted by atomic mass is 35.5. The lowest BCUT2D eigenvalue weighted by Crippen LogP contribution is -2.57. The molecule has 0 spiro atoms. The second-order valence-electron chi connectivity index (χ2n) is 4.19. The molecule has 2 aliphatic heterocycles. The molecule has 0 radical (unpaired) electrons. The van der Waals surface area contributed by atoms with Gasteiger partial charge in [0, 0.05) is 31.7 Å². The Bertz CT molecular complexity index is 408. The smallest absolute Gasteiger partial charge is 0.160 e. The SMILES string of the molecule is Cl.O=C1Cc2ccccc2N2CCNCC12. The number of piperazine rings is 1. The van der Waals surface area contributed by atoms with Gasteiger partial charge in [-0.3, -0.25) is 4.79 Å². The first-order chi connectivity index (χ1) is 7.36. The number of Topliss-reactive ketones (excluding diaryl/α,β-unsaturated/α-hetero) is 1. The second kappa shape index (κ2) is 4.44. The average molecular weight is 239 g/mol. The summed E-state index contributed by atoms with van der Waals surface area (Å²) in [6.45, 7) is 2.71. The molecule has 0 aliphatic carbocycles. The summed E-state index contributed by atoms with van der Waals surface area (Å²) >= 11 is 0. The molecule has 1 atom stereocenters. The number of halogens is 1. The van der Waals surface area contributed by atoms with Gasteiger partial charge in [-0.05, 0) is 11.6 Å². The zero-order chi connectivity index (χ0) is 10.3. The van der Waals surface area contributed by atoms with Crippen LogP contribution in [0.1, 0.15) is 5.56 Å². The molecule has 2 heterocycles. The summed E-state index contributed by atoms with van der Waals surface area (Å²) in [4.78, 5) is 14.2. The van der Waals surface area contributed by atoms with Crippen molar-refractivity contribution in [3.05, 3.63) is 29.8 Å². The quantitative estimate of drug-likeness (QED) is 0.732. The van der Waals surface area contributed by atoms with Crippen molar-refractivity contribution in [1.82, 2.24) is 5.32 Å². The third-order valence-electron chi connectivity index (χ3n) is 3.28. The van der Waals surface area contributed by atoms with Gasteiger partial charge in [-0.2, -0.15) is 0 Å². The maximum atomic E-state index is 11.9. The lowest BCUT2D eigenvalue weighted by Gasteiger charge is -2.41. The van der Waals surface area contributed by atoms with E-state index < -0.39 is 0 Å². The number of anilines is 1. The largest absolute Gasteiger partial charge is 0.359 e. The minimum absolute atomic E-state index is 0. The first-order valence-corrected chi connectivity index (χ1v) is 5.44. The van der Waals surface area contributed by atoms with E-state index in [-0.39, 0.29) is 18.4 Å². The van der Waals surface area contributed by atoms with Crippen LogP contribution in [0.5, 0.6) is 0 Å². The molecule has 3 nitrogen and oxygen atoms in total. The molecule has 1 fully saturated rings. The Kier molecular flexibility index (Phi) is 3.17. The van der Waals surface area contributed by atoms with Crippen LogP contribution in [0.4, 0.5) is 5.69 Å². The Labute approximate surface area is 101 Å². The number of hydrogen-bond donors (Lipinski definition) is 1. The first-order valence-electron chi connectivity index (χ1n) is 5.44. The van der Waals surface area contributed by atoms with E-state index >= 15 is 0 Å². The van der Waals surface area contributed by atoms with Crippen LogP contribution in [0, 0.1) is 0 Å². The summed E-state index contributed by atoms with van der Waals surface area (Å²) in [5.41, 5.74) is 2.43. The lowest BCUT2D eigenvalue weighted by atomic mass is 9.93. The molecule has 1 aromatic carbocycles. The van der Waals surface area contributed by atoms with Gasteiger partial charge in [-0.1, -0.05) is 18.2 Å². The summed E-state index contributed by atoms with van der Waals surface area (Å²) in [5.74, 6) is 0.348. The minimum atomic E-state index is 0. The van der Waals surface area contributed by atoms with Crippen molar-refractivity contribution in [2.24, 2.45) is 0 Å². The van der Waals surface area contributed by atoms with Crippen LogP contribution in [0.2, 0.25) is 0 Å². The predicted octanol–water partition coefficient (Wildman–Crippen LogP) is 1.01. The van der Waals surface area contributed by atoms with Crippen molar-refractivity contribution in [3.8, 4) is 0 Å². The molecule has 0 amide bonds. The van der Waals surface area contributed by atoms with Gasteiger partial charge in [-0.25, -0.2) is 0 Å². The van der Waals surface area contributed by atoms with Gasteiger partial charge in [0.1, 0.15) is 6.04 Å². The van der Waals surface area contributed by atoms with Crippen LogP contribution in [0.3, 0.4) is 0 Å². The molecule has 16 heavy (non-hydrogen) atoms. The molecular weight excluding hydrogens is 224 g/mol. The van der Waals surface area contributed by atoms with E-state index in [1.807, 2.05) is 12.1 Å². The normalized spacial score (nSPS) is 23.1. The van der Waals surface area contributed by atoms with E-state index in [4.69, 9.17) is 0 Å². The number of nitrogens with one attached hydrogen (secondary N) is 1. The van der Waals surface area contributed by atoms with E-state index in [1.54, 1.807) is 0 Å². The molecule has 0 saturated carbocycles. The van der Waals surface area contributed by atoms with Gasteiger partial charge < -0.3 is 10.2 Å². The number of para-hydroxylation sites is 1. The Morgan fingerprint density at radius 1 is 1.31 bits per heavy atom. The van der Waals surface area contributed by atoms with Crippen molar-refractivity contribution in [3.63, 3.8) is 0 Å². The number of hydrogen-bond acceptors (Lipinski definition) is 3. The molecule has 1 saturated heterocycles. The molecular formula is C12H15ClN2O. The number of rotatable bonds is 0. The highest BCUT2D eigenvalue weighted by Gasteiger charge is 2.33. The molecule has 0 bridgehead atoms. The average Bonchev–Trinajstić information content (AvgIpc) is 2.30. The number of carbonyl (C=O) groups is 1. The standard InChI is InChI=1S/C12H14N2O.ClH/c15-12-7-9-3-1-2-4-10(9)14-6-5-13-8-11(12)14;/h1-4,11,13H,5-8H2;1H. The van der Waals surface area contributed by atoms with E-state index in [1.165, 1.54) is 11.3 Å². The Morgan fingerprint density at radius 2 is 2.12 bits per heavy atom. The van der Waals surface area contributed by atoms with E-state index in [0.29, 0.717) is 12.2 Å². The van der Waals surface area contributed by atoms with Crippen LogP contribution in [-0.2, 0) is 11.2 Å². The monoisotopic (exact) mass is 238 g/mol. The van der Waals surface area contributed by atoms with E-state index in [2.05, 4.69) is 22.3 Å². The molecule has 0 aromatic heterocycles. The van der Waals surface area contributed by atoms with Gasteiger partial charge in [0.15, 0.2) is 5.78 Å². The summed E-state index contributed by atoms with van der Waals surface area (Å²) in [6.07, 6.45) is 0.596. The molecule has 1 N–H and O–H groups in total. The van der Waals surface area contributed by atoms with Crippen molar-refractivity contribution >= 4 is 23.9 Å². The van der Waals surface area contributed by atoms with Gasteiger partial charge in [0.2, 0.25) is 0 Å². The van der Waals surface area contributed by atoms with Crippen molar-refractivity contribution in [1.29, 1.82) is 0 Å². The Balaban J connectivity index is 0.000000963. The molecule has 86 valence electrons. The third-order valence-corrected chi connectivity index (χ3v) is 3.28. The highest BCUT2D eigenvalue weighted by Crippen LogP contribution is 2.29. The maximum absolute atomic E-state index is 11.9. The third kappa shape index (κ3) is 1.70. The van der Waals surface area contributed by atoms with Crippen LogP contribution in [0.25, 0.3) is 0 Å². The molecule has 4 heteroatoms. The fraction of sp³-hybridized carbons (Fsp3) is 0.417. The Morgan fingerprint density at radius 3 is 3.00 bits per heavy atom. The predicted molar refractivity (Wildman–Crippen MR) is 66.4 cm³/mol. The molecule has 1 aromatic rings. The van der Waals surface area contributed by atoms with Crippen LogP contribution in [-0.4, -0.2) is 31.5 Å². The Hall–Kier alpha value is -1.06. The van der Waals surface area contributed by atoms with E-state index in [9.17, 15) is 4.79 Å².